The zero-order valence-corrected chi connectivity index (χ0v) is 34.2. The molecule has 0 bridgehead atoms. The predicted molar refractivity (Wildman–Crippen MR) is 234 cm³/mol. The van der Waals surface area contributed by atoms with Crippen LogP contribution in [0, 0.1) is 20.8 Å². The van der Waals surface area contributed by atoms with Crippen LogP contribution in [0.5, 0.6) is 0 Å². The van der Waals surface area contributed by atoms with Crippen molar-refractivity contribution in [2.24, 2.45) is 0 Å². The number of hydrogen-bond donors (Lipinski definition) is 0. The third kappa shape index (κ3) is 4.33. The fourth-order valence-electron chi connectivity index (χ4n) is 10.3. The Morgan fingerprint density at radius 1 is 0.604 bits per heavy atom. The summed E-state index contributed by atoms with van der Waals surface area (Å²) in [7, 11) is -2.03. The number of hydrogen-bond acceptors (Lipinski definition) is 1. The molecule has 0 aliphatic carbocycles. The highest BCUT2D eigenvalue weighted by atomic mass is 28.3. The van der Waals surface area contributed by atoms with E-state index in [0.29, 0.717) is 0 Å². The second-order valence-electron chi connectivity index (χ2n) is 18.9. The van der Waals surface area contributed by atoms with Crippen LogP contribution in [0.15, 0.2) is 97.1 Å². The van der Waals surface area contributed by atoms with Gasteiger partial charge in [0.1, 0.15) is 8.07 Å². The summed E-state index contributed by atoms with van der Waals surface area (Å²) >= 11 is 0. The van der Waals surface area contributed by atoms with Gasteiger partial charge in [0, 0.05) is 44.4 Å². The number of anilines is 3. The smallest absolute Gasteiger partial charge is 0.333 e. The van der Waals surface area contributed by atoms with Crippen molar-refractivity contribution in [1.29, 1.82) is 0 Å². The SMILES string of the molecule is Cc1cc(C)c(-c2cc3c4c(c2)N2c5ccccc5[Si](C)(C)c5cccc(c52)B4n2c4ccc(C(C)(C)C)cc4c4cc(C(C)(C)C)cc-3c42)c(C)c1. The maximum Gasteiger partial charge on any atom is 0.333 e. The summed E-state index contributed by atoms with van der Waals surface area (Å²) in [6.45, 7) is 26.1. The average Bonchev–Trinajstić information content (AvgIpc) is 3.42. The molecule has 3 aliphatic heterocycles. The fourth-order valence-corrected chi connectivity index (χ4v) is 13.3. The third-order valence-corrected chi connectivity index (χ3v) is 16.4. The van der Waals surface area contributed by atoms with Gasteiger partial charge in [-0.05, 0) is 134 Å². The summed E-state index contributed by atoms with van der Waals surface area (Å²) in [6, 6.07) is 38.8. The molecule has 0 unspecified atom stereocenters. The third-order valence-electron chi connectivity index (χ3n) is 12.9. The average molecular weight is 705 g/mol. The molecule has 6 aromatic carbocycles. The molecule has 1 aromatic heterocycles. The molecule has 4 heterocycles. The largest absolute Gasteiger partial charge is 0.375 e. The molecule has 0 saturated heterocycles. The molecule has 0 spiro atoms. The standard InChI is InChI=1S/C49H49BN2Si/c1-28-21-29(2)44(30(3)22-28)31-23-35-37-27-33(49(7,8)9)26-36-34-25-32(48(4,5)6)19-20-39(34)52(46(36)37)50-38-15-14-18-43-47(38)51(41(24-31)45(35)50)40-16-12-13-17-42(40)53(43,10)11/h12-27H,1-11H3. The van der Waals surface area contributed by atoms with Gasteiger partial charge in [0.05, 0.1) is 0 Å². The van der Waals surface area contributed by atoms with Crippen molar-refractivity contribution in [3.8, 4) is 22.3 Å². The van der Waals surface area contributed by atoms with Crippen molar-refractivity contribution < 1.29 is 0 Å². The van der Waals surface area contributed by atoms with Crippen LogP contribution < -0.4 is 26.2 Å². The monoisotopic (exact) mass is 704 g/mol. The van der Waals surface area contributed by atoms with Gasteiger partial charge in [-0.25, -0.2) is 0 Å². The first-order valence-corrected chi connectivity index (χ1v) is 22.5. The van der Waals surface area contributed by atoms with Crippen LogP contribution in [0.25, 0.3) is 44.1 Å². The van der Waals surface area contributed by atoms with Crippen LogP contribution >= 0.6 is 0 Å². The molecule has 262 valence electrons. The minimum absolute atomic E-state index is 0.0110. The molecule has 3 aliphatic rings. The van der Waals surface area contributed by atoms with E-state index in [1.807, 2.05) is 0 Å². The Morgan fingerprint density at radius 2 is 1.28 bits per heavy atom. The maximum atomic E-state index is 2.74. The Kier molecular flexibility index (Phi) is 6.47. The first-order chi connectivity index (χ1) is 25.1. The van der Waals surface area contributed by atoms with Crippen molar-refractivity contribution in [3.05, 3.63) is 125 Å². The van der Waals surface area contributed by atoms with E-state index >= 15 is 0 Å². The van der Waals surface area contributed by atoms with Gasteiger partial charge in [0.2, 0.25) is 0 Å². The molecule has 4 heteroatoms. The van der Waals surface area contributed by atoms with E-state index in [2.05, 4.69) is 182 Å². The summed E-state index contributed by atoms with van der Waals surface area (Å²) in [5.41, 5.74) is 21.8. The Labute approximate surface area is 316 Å². The maximum absolute atomic E-state index is 2.74. The van der Waals surface area contributed by atoms with Gasteiger partial charge in [-0.1, -0.05) is 115 Å². The molecule has 0 radical (unpaired) electrons. The van der Waals surface area contributed by atoms with Crippen LogP contribution in [-0.2, 0) is 10.8 Å². The lowest BCUT2D eigenvalue weighted by atomic mass is 9.45. The highest BCUT2D eigenvalue weighted by Gasteiger charge is 2.48. The van der Waals surface area contributed by atoms with E-state index in [4.69, 9.17) is 0 Å². The van der Waals surface area contributed by atoms with Gasteiger partial charge in [-0.2, -0.15) is 0 Å². The Morgan fingerprint density at radius 3 is 2.00 bits per heavy atom. The Hall–Kier alpha value is -4.80. The molecule has 0 fully saturated rings. The van der Waals surface area contributed by atoms with E-state index in [0.717, 1.165) is 0 Å². The lowest BCUT2D eigenvalue weighted by Crippen LogP contribution is -2.65. The number of aryl methyl sites for hydroxylation is 3. The Balaban J connectivity index is 1.43. The minimum atomic E-state index is -2.03. The number of fused-ring (bicyclic) bond motifs is 9. The van der Waals surface area contributed by atoms with Crippen molar-refractivity contribution in [2.45, 2.75) is 86.2 Å². The van der Waals surface area contributed by atoms with E-state index < -0.39 is 8.07 Å². The quantitative estimate of drug-likeness (QED) is 0.155. The van der Waals surface area contributed by atoms with E-state index in [9.17, 15) is 0 Å². The van der Waals surface area contributed by atoms with Crippen molar-refractivity contribution in [2.75, 3.05) is 4.90 Å². The first-order valence-electron chi connectivity index (χ1n) is 19.5. The molecule has 2 nitrogen and oxygen atoms in total. The minimum Gasteiger partial charge on any atom is -0.375 e. The number of para-hydroxylation sites is 2. The number of benzene rings is 6. The highest BCUT2D eigenvalue weighted by Crippen LogP contribution is 2.49. The van der Waals surface area contributed by atoms with Crippen molar-refractivity contribution in [3.63, 3.8) is 0 Å². The summed E-state index contributed by atoms with van der Waals surface area (Å²) in [6.07, 6.45) is 0. The summed E-state index contributed by atoms with van der Waals surface area (Å²) in [4.78, 5) is 2.68. The van der Waals surface area contributed by atoms with Gasteiger partial charge < -0.3 is 9.38 Å². The molecular weight excluding hydrogens is 655 g/mol. The second-order valence-corrected chi connectivity index (χ2v) is 23.2. The molecule has 0 N–H and O–H groups in total. The molecular formula is C49H49BN2Si. The highest BCUT2D eigenvalue weighted by molar-refractivity contribution is 7.04. The van der Waals surface area contributed by atoms with E-state index in [1.165, 1.54) is 110 Å². The molecule has 0 atom stereocenters. The van der Waals surface area contributed by atoms with Crippen LogP contribution in [0.1, 0.15) is 69.4 Å². The first kappa shape index (κ1) is 32.8. The topological polar surface area (TPSA) is 8.17 Å². The van der Waals surface area contributed by atoms with E-state index in [1.54, 1.807) is 0 Å². The normalized spacial score (nSPS) is 15.2. The number of rotatable bonds is 1. The second kappa shape index (κ2) is 10.4. The number of aromatic nitrogens is 1. The molecule has 7 aromatic rings. The van der Waals surface area contributed by atoms with Gasteiger partial charge in [0.15, 0.2) is 0 Å². The lowest BCUT2D eigenvalue weighted by molar-refractivity contribution is 0.590. The fraction of sp³-hybridized carbons (Fsp3) is 0.265. The summed E-state index contributed by atoms with van der Waals surface area (Å²) < 4.78 is 2.74. The van der Waals surface area contributed by atoms with Gasteiger partial charge in [-0.15, -0.1) is 0 Å². The van der Waals surface area contributed by atoms with Gasteiger partial charge >= 0.3 is 6.85 Å². The van der Waals surface area contributed by atoms with Crippen molar-refractivity contribution in [1.82, 2.24) is 4.48 Å². The molecule has 53 heavy (non-hydrogen) atoms. The molecule has 0 amide bonds. The molecule has 0 saturated carbocycles. The Bertz CT molecular complexity index is 2740. The van der Waals surface area contributed by atoms with Crippen LogP contribution in [0.3, 0.4) is 0 Å². The molecule has 10 rings (SSSR count). The van der Waals surface area contributed by atoms with Gasteiger partial charge in [0.25, 0.3) is 0 Å². The predicted octanol–water partition coefficient (Wildman–Crippen LogP) is 10.5. The van der Waals surface area contributed by atoms with Crippen LogP contribution in [0.2, 0.25) is 13.1 Å². The number of nitrogens with zero attached hydrogens (tertiary/aromatic N) is 2. The van der Waals surface area contributed by atoms with Crippen molar-refractivity contribution >= 4 is 75.1 Å². The van der Waals surface area contributed by atoms with E-state index in [-0.39, 0.29) is 17.7 Å². The van der Waals surface area contributed by atoms with Gasteiger partial charge in [-0.3, -0.25) is 0 Å². The summed E-state index contributed by atoms with van der Waals surface area (Å²) in [5.74, 6) is 0. The zero-order valence-electron chi connectivity index (χ0n) is 33.2. The lowest BCUT2D eigenvalue weighted by Gasteiger charge is -2.47. The zero-order chi connectivity index (χ0) is 37.1. The summed E-state index contributed by atoms with van der Waals surface area (Å²) in [5, 5.41) is 5.79. The van der Waals surface area contributed by atoms with Crippen LogP contribution in [-0.4, -0.2) is 19.4 Å². The van der Waals surface area contributed by atoms with Crippen LogP contribution in [0.4, 0.5) is 17.1 Å².